The highest BCUT2D eigenvalue weighted by Gasteiger charge is 2.35. The molecule has 4 rings (SSSR count). The molecular formula is C35H36Cl3N3O4S. The van der Waals surface area contributed by atoms with Crippen molar-refractivity contribution in [2.75, 3.05) is 10.8 Å². The number of benzene rings is 4. The monoisotopic (exact) mass is 699 g/mol. The summed E-state index contributed by atoms with van der Waals surface area (Å²) in [5, 5.41) is 4.17. The van der Waals surface area contributed by atoms with Crippen molar-refractivity contribution in [2.24, 2.45) is 0 Å². The number of sulfonamides is 1. The third-order valence-electron chi connectivity index (χ3n) is 7.67. The van der Waals surface area contributed by atoms with E-state index < -0.39 is 28.5 Å². The molecule has 0 heterocycles. The molecule has 0 fully saturated rings. The summed E-state index contributed by atoms with van der Waals surface area (Å²) in [5.41, 5.74) is 2.22. The Hall–Kier alpha value is -3.56. The SMILES string of the molecule is CC[C@H](C)NC(=O)[C@H](Cc1ccccc1)N(Cc1ccc(Cl)cc1Cl)C(=O)CN(c1ccc(Cl)cc1C)S(=O)(=O)c1ccccc1. The first-order valence-corrected chi connectivity index (χ1v) is 17.4. The van der Waals surface area contributed by atoms with E-state index in [0.717, 1.165) is 9.87 Å². The lowest BCUT2D eigenvalue weighted by Crippen LogP contribution is -2.54. The highest BCUT2D eigenvalue weighted by Crippen LogP contribution is 2.30. The Balaban J connectivity index is 1.85. The Kier molecular flexibility index (Phi) is 12.1. The van der Waals surface area contributed by atoms with E-state index in [9.17, 15) is 18.0 Å². The normalized spacial score (nSPS) is 12.7. The second-order valence-corrected chi connectivity index (χ2v) is 14.2. The van der Waals surface area contributed by atoms with E-state index in [1.54, 1.807) is 61.5 Å². The predicted octanol–water partition coefficient (Wildman–Crippen LogP) is 7.71. The largest absolute Gasteiger partial charge is 0.352 e. The van der Waals surface area contributed by atoms with Crippen LogP contribution in [0.3, 0.4) is 0 Å². The molecule has 0 bridgehead atoms. The highest BCUT2D eigenvalue weighted by molar-refractivity contribution is 7.92. The molecule has 0 saturated heterocycles. The number of amides is 2. The predicted molar refractivity (Wildman–Crippen MR) is 186 cm³/mol. The van der Waals surface area contributed by atoms with Crippen molar-refractivity contribution >= 4 is 62.3 Å². The number of hydrogen-bond donors (Lipinski definition) is 1. The van der Waals surface area contributed by atoms with Crippen molar-refractivity contribution < 1.29 is 18.0 Å². The van der Waals surface area contributed by atoms with Crippen LogP contribution >= 0.6 is 34.8 Å². The topological polar surface area (TPSA) is 86.8 Å². The fraction of sp³-hybridized carbons (Fsp3) is 0.257. The fourth-order valence-electron chi connectivity index (χ4n) is 4.96. The Morgan fingerprint density at radius 2 is 1.46 bits per heavy atom. The van der Waals surface area contributed by atoms with Crippen molar-refractivity contribution in [2.45, 2.75) is 57.1 Å². The van der Waals surface area contributed by atoms with Crippen LogP contribution in [-0.4, -0.2) is 43.8 Å². The minimum absolute atomic E-state index is 0.0137. The number of aryl methyl sites for hydroxylation is 1. The van der Waals surface area contributed by atoms with Gasteiger partial charge in [-0.2, -0.15) is 0 Å². The smallest absolute Gasteiger partial charge is 0.264 e. The van der Waals surface area contributed by atoms with Gasteiger partial charge in [0, 0.05) is 34.1 Å². The number of carbonyl (C=O) groups excluding carboxylic acids is 2. The Bertz CT molecular complexity index is 1770. The average molecular weight is 701 g/mol. The zero-order chi connectivity index (χ0) is 33.4. The highest BCUT2D eigenvalue weighted by atomic mass is 35.5. The molecule has 0 aromatic heterocycles. The summed E-state index contributed by atoms with van der Waals surface area (Å²) in [4.78, 5) is 30.0. The number of nitrogens with one attached hydrogen (secondary N) is 1. The summed E-state index contributed by atoms with van der Waals surface area (Å²) < 4.78 is 29.4. The van der Waals surface area contributed by atoms with Gasteiger partial charge in [-0.25, -0.2) is 8.42 Å². The van der Waals surface area contributed by atoms with E-state index >= 15 is 0 Å². The maximum Gasteiger partial charge on any atom is 0.264 e. The maximum atomic E-state index is 14.6. The number of carbonyl (C=O) groups is 2. The van der Waals surface area contributed by atoms with E-state index in [1.165, 1.54) is 17.0 Å². The summed E-state index contributed by atoms with van der Waals surface area (Å²) in [6.07, 6.45) is 0.866. The van der Waals surface area contributed by atoms with E-state index in [1.807, 2.05) is 44.2 Å². The first kappa shape index (κ1) is 35.3. The lowest BCUT2D eigenvalue weighted by atomic mass is 10.0. The van der Waals surface area contributed by atoms with Gasteiger partial charge in [-0.3, -0.25) is 13.9 Å². The second kappa shape index (κ2) is 15.8. The summed E-state index contributed by atoms with van der Waals surface area (Å²) in [6.45, 7) is 4.90. The van der Waals surface area contributed by atoms with E-state index in [-0.39, 0.29) is 35.5 Å². The molecule has 0 aliphatic rings. The molecule has 242 valence electrons. The number of nitrogens with zero attached hydrogens (tertiary/aromatic N) is 2. The number of halogens is 3. The van der Waals surface area contributed by atoms with Gasteiger partial charge >= 0.3 is 0 Å². The van der Waals surface area contributed by atoms with Gasteiger partial charge in [-0.1, -0.05) is 96.3 Å². The van der Waals surface area contributed by atoms with Crippen molar-refractivity contribution in [3.63, 3.8) is 0 Å². The molecule has 1 N–H and O–H groups in total. The molecule has 0 spiro atoms. The second-order valence-electron chi connectivity index (χ2n) is 11.0. The number of anilines is 1. The molecule has 2 amide bonds. The van der Waals surface area contributed by atoms with E-state index in [2.05, 4.69) is 5.32 Å². The zero-order valence-electron chi connectivity index (χ0n) is 25.8. The quantitative estimate of drug-likeness (QED) is 0.155. The first-order chi connectivity index (χ1) is 21.9. The molecule has 2 atom stereocenters. The van der Waals surface area contributed by atoms with Crippen molar-refractivity contribution in [3.05, 3.63) is 129 Å². The Morgan fingerprint density at radius 1 is 0.848 bits per heavy atom. The molecule has 0 unspecified atom stereocenters. The average Bonchev–Trinajstić information content (AvgIpc) is 3.03. The molecule has 0 radical (unpaired) electrons. The summed E-state index contributed by atoms with van der Waals surface area (Å²) in [5.74, 6) is -0.961. The van der Waals surface area contributed by atoms with E-state index in [0.29, 0.717) is 32.6 Å². The maximum absolute atomic E-state index is 14.6. The molecule has 46 heavy (non-hydrogen) atoms. The van der Waals surface area contributed by atoms with Crippen molar-refractivity contribution in [1.82, 2.24) is 10.2 Å². The first-order valence-electron chi connectivity index (χ1n) is 14.8. The van der Waals surface area contributed by atoms with Gasteiger partial charge in [-0.15, -0.1) is 0 Å². The minimum Gasteiger partial charge on any atom is -0.352 e. The number of rotatable bonds is 13. The standard InChI is InChI=1S/C35H36Cl3N3O4S/c1-4-25(3)39-35(43)33(20-26-11-7-5-8-12-26)40(22-27-15-16-29(37)21-31(27)38)34(42)23-41(32-18-17-28(36)19-24(32)2)46(44,45)30-13-9-6-10-14-30/h5-19,21,25,33H,4,20,22-23H2,1-3H3,(H,39,43)/t25-,33-/m0/s1. The summed E-state index contributed by atoms with van der Waals surface area (Å²) in [7, 11) is -4.23. The van der Waals surface area contributed by atoms with Gasteiger partial charge in [-0.05, 0) is 79.4 Å². The van der Waals surface area contributed by atoms with Gasteiger partial charge in [0.1, 0.15) is 12.6 Å². The van der Waals surface area contributed by atoms with Crippen LogP contribution in [-0.2, 0) is 32.6 Å². The molecule has 4 aromatic rings. The Labute approximate surface area is 286 Å². The van der Waals surface area contributed by atoms with Crippen LogP contribution < -0.4 is 9.62 Å². The molecule has 11 heteroatoms. The van der Waals surface area contributed by atoms with Crippen LogP contribution in [0.5, 0.6) is 0 Å². The molecule has 4 aromatic carbocycles. The van der Waals surface area contributed by atoms with Gasteiger partial charge < -0.3 is 10.2 Å². The van der Waals surface area contributed by atoms with Crippen LogP contribution in [0.25, 0.3) is 0 Å². The lowest BCUT2D eigenvalue weighted by molar-refractivity contribution is -0.140. The molecular weight excluding hydrogens is 665 g/mol. The third kappa shape index (κ3) is 8.82. The molecule has 0 aliphatic heterocycles. The zero-order valence-corrected chi connectivity index (χ0v) is 28.9. The van der Waals surface area contributed by atoms with E-state index in [4.69, 9.17) is 34.8 Å². The van der Waals surface area contributed by atoms with Crippen LogP contribution in [0.2, 0.25) is 15.1 Å². The van der Waals surface area contributed by atoms with Gasteiger partial charge in [0.2, 0.25) is 11.8 Å². The van der Waals surface area contributed by atoms with Gasteiger partial charge in [0.25, 0.3) is 10.0 Å². The minimum atomic E-state index is -4.23. The summed E-state index contributed by atoms with van der Waals surface area (Å²) >= 11 is 19.0. The van der Waals surface area contributed by atoms with Crippen LogP contribution in [0.15, 0.2) is 102 Å². The third-order valence-corrected chi connectivity index (χ3v) is 10.3. The lowest BCUT2D eigenvalue weighted by Gasteiger charge is -2.34. The van der Waals surface area contributed by atoms with Crippen LogP contribution in [0.1, 0.15) is 37.0 Å². The summed E-state index contributed by atoms with van der Waals surface area (Å²) in [6, 6.07) is 25.8. The fourth-order valence-corrected chi connectivity index (χ4v) is 7.15. The van der Waals surface area contributed by atoms with Gasteiger partial charge in [0.15, 0.2) is 0 Å². The molecule has 0 saturated carbocycles. The van der Waals surface area contributed by atoms with Crippen molar-refractivity contribution in [3.8, 4) is 0 Å². The van der Waals surface area contributed by atoms with Crippen LogP contribution in [0, 0.1) is 6.92 Å². The van der Waals surface area contributed by atoms with Crippen LogP contribution in [0.4, 0.5) is 5.69 Å². The number of hydrogen-bond acceptors (Lipinski definition) is 4. The van der Waals surface area contributed by atoms with Crippen molar-refractivity contribution in [1.29, 1.82) is 0 Å². The molecule has 0 aliphatic carbocycles. The van der Waals surface area contributed by atoms with Gasteiger partial charge in [0.05, 0.1) is 10.6 Å². The molecule has 7 nitrogen and oxygen atoms in total. The Morgan fingerprint density at radius 3 is 2.07 bits per heavy atom.